The number of carbonyl (C=O) groups is 3. The molecule has 2 amide bonds. The van der Waals surface area contributed by atoms with E-state index in [1.165, 1.54) is 11.3 Å². The maximum absolute atomic E-state index is 13.4. The molecule has 2 aromatic heterocycles. The molecule has 38 heavy (non-hydrogen) atoms. The fourth-order valence-electron chi connectivity index (χ4n) is 4.18. The molecule has 0 saturated carbocycles. The van der Waals surface area contributed by atoms with Crippen LogP contribution in [-0.4, -0.2) is 36.2 Å². The summed E-state index contributed by atoms with van der Waals surface area (Å²) in [6.07, 6.45) is 0. The molecule has 0 bridgehead atoms. The quantitative estimate of drug-likeness (QED) is 0.290. The second-order valence-electron chi connectivity index (χ2n) is 8.31. The predicted octanol–water partition coefficient (Wildman–Crippen LogP) is 5.64. The highest BCUT2D eigenvalue weighted by molar-refractivity contribution is 7.10. The number of hydrogen-bond acceptors (Lipinski definition) is 7. The highest BCUT2D eigenvalue weighted by Gasteiger charge is 2.35. The van der Waals surface area contributed by atoms with Crippen molar-refractivity contribution in [1.29, 1.82) is 0 Å². The second kappa shape index (κ2) is 11.0. The molecule has 192 valence electrons. The number of esters is 2. The number of urea groups is 1. The minimum atomic E-state index is -0.727. The number of hydrogen-bond donors (Lipinski definition) is 2. The molecule has 0 saturated heterocycles. The lowest BCUT2D eigenvalue weighted by molar-refractivity contribution is -0.139. The smallest absolute Gasteiger partial charge is 0.339 e. The van der Waals surface area contributed by atoms with Gasteiger partial charge in [0.05, 0.1) is 40.7 Å². The third-order valence-corrected chi connectivity index (χ3v) is 7.09. The number of fused-ring (bicyclic) bond motifs is 1. The van der Waals surface area contributed by atoms with Crippen LogP contribution in [0.25, 0.3) is 22.2 Å². The van der Waals surface area contributed by atoms with E-state index in [4.69, 9.17) is 21.1 Å². The van der Waals surface area contributed by atoms with Gasteiger partial charge in [-0.05, 0) is 42.6 Å². The van der Waals surface area contributed by atoms with Crippen LogP contribution >= 0.6 is 22.9 Å². The molecule has 8 nitrogen and oxygen atoms in total. The van der Waals surface area contributed by atoms with E-state index >= 15 is 0 Å². The summed E-state index contributed by atoms with van der Waals surface area (Å²) in [5.74, 6) is -1.24. The Balaban J connectivity index is 1.49. The summed E-state index contributed by atoms with van der Waals surface area (Å²) < 4.78 is 10.9. The average molecular weight is 548 g/mol. The third-order valence-electron chi connectivity index (χ3n) is 5.90. The number of thiophene rings is 1. The molecule has 2 aromatic carbocycles. The van der Waals surface area contributed by atoms with Crippen molar-refractivity contribution in [3.8, 4) is 11.3 Å². The van der Waals surface area contributed by atoms with Crippen molar-refractivity contribution >= 4 is 51.8 Å². The van der Waals surface area contributed by atoms with E-state index in [9.17, 15) is 14.4 Å². The molecule has 1 aliphatic heterocycles. The maximum atomic E-state index is 13.4. The first-order valence-corrected chi connectivity index (χ1v) is 13.0. The van der Waals surface area contributed by atoms with Crippen molar-refractivity contribution in [2.45, 2.75) is 13.0 Å². The van der Waals surface area contributed by atoms with Crippen molar-refractivity contribution in [1.82, 2.24) is 15.6 Å². The maximum Gasteiger partial charge on any atom is 0.339 e. The molecule has 0 aliphatic carbocycles. The largest absolute Gasteiger partial charge is 0.463 e. The van der Waals surface area contributed by atoms with Crippen molar-refractivity contribution in [2.24, 2.45) is 0 Å². The first kappa shape index (κ1) is 25.4. The number of ether oxygens (including phenoxy) is 2. The number of para-hydroxylation sites is 1. The van der Waals surface area contributed by atoms with Gasteiger partial charge in [0.2, 0.25) is 0 Å². The average Bonchev–Trinajstić information content (AvgIpc) is 3.46. The van der Waals surface area contributed by atoms with Gasteiger partial charge in [-0.25, -0.2) is 19.4 Å². The molecule has 3 heterocycles. The molecule has 5 rings (SSSR count). The van der Waals surface area contributed by atoms with Gasteiger partial charge >= 0.3 is 18.0 Å². The number of halogens is 1. The topological polar surface area (TPSA) is 107 Å². The van der Waals surface area contributed by atoms with Gasteiger partial charge in [-0.3, -0.25) is 0 Å². The molecule has 0 fully saturated rings. The number of aromatic nitrogens is 1. The molecule has 1 unspecified atom stereocenters. The fraction of sp³-hybridized carbons (Fsp3) is 0.143. The lowest BCUT2D eigenvalue weighted by Crippen LogP contribution is -2.46. The molecular weight excluding hydrogens is 526 g/mol. The summed E-state index contributed by atoms with van der Waals surface area (Å²) in [6.45, 7) is 1.51. The first-order chi connectivity index (χ1) is 18.4. The van der Waals surface area contributed by atoms with Crippen molar-refractivity contribution in [3.63, 3.8) is 0 Å². The zero-order chi connectivity index (χ0) is 26.6. The molecule has 1 atom stereocenters. The van der Waals surface area contributed by atoms with Gasteiger partial charge in [-0.15, -0.1) is 11.3 Å². The summed E-state index contributed by atoms with van der Waals surface area (Å²) in [5.41, 5.74) is 2.62. The Kier molecular flexibility index (Phi) is 7.39. The van der Waals surface area contributed by atoms with Gasteiger partial charge in [-0.1, -0.05) is 48.0 Å². The van der Waals surface area contributed by atoms with E-state index in [0.29, 0.717) is 27.2 Å². The molecule has 10 heteroatoms. The van der Waals surface area contributed by atoms with Crippen LogP contribution in [0.5, 0.6) is 0 Å². The van der Waals surface area contributed by atoms with Crippen LogP contribution in [0.3, 0.4) is 0 Å². The predicted molar refractivity (Wildman–Crippen MR) is 145 cm³/mol. The Morgan fingerprint density at radius 1 is 1.03 bits per heavy atom. The van der Waals surface area contributed by atoms with Gasteiger partial charge < -0.3 is 20.1 Å². The third kappa shape index (κ3) is 5.25. The lowest BCUT2D eigenvalue weighted by atomic mass is 10.0. The Morgan fingerprint density at radius 2 is 1.82 bits per heavy atom. The van der Waals surface area contributed by atoms with Gasteiger partial charge in [0.1, 0.15) is 6.61 Å². The number of rotatable bonds is 7. The number of nitrogens with zero attached hydrogens (tertiary/aromatic N) is 1. The summed E-state index contributed by atoms with van der Waals surface area (Å²) in [7, 11) is 0. The minimum absolute atomic E-state index is 0.150. The summed E-state index contributed by atoms with van der Waals surface area (Å²) in [6, 6.07) is 18.4. The lowest BCUT2D eigenvalue weighted by Gasteiger charge is -2.28. The molecule has 0 radical (unpaired) electrons. The highest BCUT2D eigenvalue weighted by Crippen LogP contribution is 2.31. The summed E-state index contributed by atoms with van der Waals surface area (Å²) in [4.78, 5) is 44.2. The second-order valence-corrected chi connectivity index (χ2v) is 9.73. The monoisotopic (exact) mass is 547 g/mol. The Labute approximate surface area is 227 Å². The van der Waals surface area contributed by atoms with Crippen LogP contribution in [0.2, 0.25) is 5.02 Å². The number of amides is 2. The molecular formula is C28H22ClN3O5S. The minimum Gasteiger partial charge on any atom is -0.463 e. The van der Waals surface area contributed by atoms with Crippen LogP contribution < -0.4 is 10.6 Å². The highest BCUT2D eigenvalue weighted by atomic mass is 35.5. The van der Waals surface area contributed by atoms with Crippen LogP contribution in [0, 0.1) is 0 Å². The SMILES string of the molecule is CCOC(=O)C1=C(COC(=O)c2cc(-c3ccc(Cl)cc3)nc3ccccc23)NC(=O)NC1c1cccs1. The first-order valence-electron chi connectivity index (χ1n) is 11.8. The Bertz CT molecular complexity index is 1550. The van der Waals surface area contributed by atoms with E-state index in [2.05, 4.69) is 15.6 Å². The van der Waals surface area contributed by atoms with Gasteiger partial charge in [-0.2, -0.15) is 0 Å². The van der Waals surface area contributed by atoms with E-state index < -0.39 is 24.0 Å². The molecule has 1 aliphatic rings. The number of pyridine rings is 1. The zero-order valence-electron chi connectivity index (χ0n) is 20.2. The number of benzene rings is 2. The Hall–Kier alpha value is -4.21. The van der Waals surface area contributed by atoms with E-state index in [1.54, 1.807) is 31.2 Å². The van der Waals surface area contributed by atoms with E-state index in [1.807, 2.05) is 47.8 Å². The van der Waals surface area contributed by atoms with Crippen LogP contribution in [0.1, 0.15) is 28.2 Å². The summed E-state index contributed by atoms with van der Waals surface area (Å²) in [5, 5.41) is 8.42. The van der Waals surface area contributed by atoms with E-state index in [-0.39, 0.29) is 24.5 Å². The Morgan fingerprint density at radius 3 is 2.55 bits per heavy atom. The normalized spacial score (nSPS) is 15.1. The van der Waals surface area contributed by atoms with Crippen molar-refractivity contribution in [3.05, 3.63) is 98.8 Å². The van der Waals surface area contributed by atoms with Gasteiger partial charge in [0, 0.05) is 20.8 Å². The van der Waals surface area contributed by atoms with Gasteiger partial charge in [0.15, 0.2) is 0 Å². The van der Waals surface area contributed by atoms with Gasteiger partial charge in [0.25, 0.3) is 0 Å². The zero-order valence-corrected chi connectivity index (χ0v) is 21.8. The van der Waals surface area contributed by atoms with E-state index in [0.717, 1.165) is 10.4 Å². The van der Waals surface area contributed by atoms with Crippen molar-refractivity contribution < 1.29 is 23.9 Å². The molecule has 4 aromatic rings. The number of nitrogens with one attached hydrogen (secondary N) is 2. The molecule has 2 N–H and O–H groups in total. The standard InChI is InChI=1S/C28H22ClN3O5S/c1-2-36-27(34)24-22(31-28(35)32-25(24)23-8-5-13-38-23)15-37-26(33)19-14-21(16-9-11-17(29)12-10-16)30-20-7-4-3-6-18(19)20/h3-14,25H,2,15H2,1H3,(H2,31,32,35). The number of carbonyl (C=O) groups excluding carboxylic acids is 3. The van der Waals surface area contributed by atoms with Crippen molar-refractivity contribution in [2.75, 3.05) is 13.2 Å². The molecule has 0 spiro atoms. The van der Waals surface area contributed by atoms with Crippen LogP contribution in [0.15, 0.2) is 83.4 Å². The summed E-state index contributed by atoms with van der Waals surface area (Å²) >= 11 is 7.42. The van der Waals surface area contributed by atoms with Crippen LogP contribution in [-0.2, 0) is 14.3 Å². The fourth-order valence-corrected chi connectivity index (χ4v) is 5.09. The van der Waals surface area contributed by atoms with Crippen LogP contribution in [0.4, 0.5) is 4.79 Å².